The molecule has 9 nitrogen and oxygen atoms in total. The van der Waals surface area contributed by atoms with Crippen molar-refractivity contribution in [2.75, 3.05) is 24.5 Å². The molecule has 4 rings (SSSR count). The summed E-state index contributed by atoms with van der Waals surface area (Å²) in [6.45, 7) is 3.30. The molecule has 0 unspecified atom stereocenters. The second kappa shape index (κ2) is 9.37. The first-order chi connectivity index (χ1) is 15.8. The molecule has 0 spiro atoms. The lowest BCUT2D eigenvalue weighted by Gasteiger charge is -2.40. The van der Waals surface area contributed by atoms with Gasteiger partial charge in [-0.2, -0.15) is 0 Å². The molecule has 0 radical (unpaired) electrons. The molecule has 0 aliphatic carbocycles. The lowest BCUT2D eigenvalue weighted by Crippen LogP contribution is -2.54. The van der Waals surface area contributed by atoms with E-state index >= 15 is 0 Å². The molecule has 3 aromatic rings. The van der Waals surface area contributed by atoms with Crippen molar-refractivity contribution < 1.29 is 18.8 Å². The fraction of sp³-hybridized carbons (Fsp3) is 0.227. The SMILES string of the molecule is C[C@@H]1CN(c2cc(Oc3ccc(F)cc3Cl)ncn2)CCN1C(=O)c1cccc([N+](=O)[O-])c1. The molecule has 1 amide bonds. The summed E-state index contributed by atoms with van der Waals surface area (Å²) in [5, 5.41) is 11.1. The van der Waals surface area contributed by atoms with Crippen molar-refractivity contribution in [3.05, 3.63) is 81.4 Å². The van der Waals surface area contributed by atoms with Gasteiger partial charge < -0.3 is 14.5 Å². The van der Waals surface area contributed by atoms with Gasteiger partial charge >= 0.3 is 0 Å². The molecule has 0 N–H and O–H groups in total. The van der Waals surface area contributed by atoms with Gasteiger partial charge in [0.15, 0.2) is 0 Å². The van der Waals surface area contributed by atoms with Gasteiger partial charge in [0, 0.05) is 49.4 Å². The summed E-state index contributed by atoms with van der Waals surface area (Å²) < 4.78 is 18.9. The molecule has 2 aromatic carbocycles. The number of piperazine rings is 1. The van der Waals surface area contributed by atoms with Gasteiger partial charge in [0.25, 0.3) is 11.6 Å². The molecule has 170 valence electrons. The van der Waals surface area contributed by atoms with E-state index in [0.717, 1.165) is 6.07 Å². The van der Waals surface area contributed by atoms with Crippen LogP contribution in [-0.2, 0) is 0 Å². The molecule has 1 aromatic heterocycles. The topological polar surface area (TPSA) is 102 Å². The Labute approximate surface area is 193 Å². The first kappa shape index (κ1) is 22.4. The van der Waals surface area contributed by atoms with Gasteiger partial charge in [0.1, 0.15) is 23.7 Å². The second-order valence-electron chi connectivity index (χ2n) is 7.49. The third-order valence-electron chi connectivity index (χ3n) is 5.25. The van der Waals surface area contributed by atoms with E-state index in [2.05, 4.69) is 9.97 Å². The third kappa shape index (κ3) is 5.01. The van der Waals surface area contributed by atoms with E-state index < -0.39 is 10.7 Å². The van der Waals surface area contributed by atoms with Gasteiger partial charge in [-0.15, -0.1) is 0 Å². The molecule has 33 heavy (non-hydrogen) atoms. The summed E-state index contributed by atoms with van der Waals surface area (Å²) in [4.78, 5) is 35.5. The standard InChI is InChI=1S/C22H19ClFN5O4/c1-14-12-27(7-8-28(14)22(30)15-3-2-4-17(9-15)29(31)32)20-11-21(26-13-25-20)33-19-6-5-16(24)10-18(19)23/h2-6,9-11,13-14H,7-8,12H2,1H3/t14-/m1/s1. The van der Waals surface area contributed by atoms with Crippen LogP contribution in [0.4, 0.5) is 15.9 Å². The fourth-order valence-electron chi connectivity index (χ4n) is 3.62. The summed E-state index contributed by atoms with van der Waals surface area (Å²) in [5.74, 6) is 0.387. The lowest BCUT2D eigenvalue weighted by atomic mass is 10.1. The average Bonchev–Trinajstić information content (AvgIpc) is 2.80. The van der Waals surface area contributed by atoms with Crippen molar-refractivity contribution in [1.29, 1.82) is 0 Å². The average molecular weight is 472 g/mol. The zero-order valence-electron chi connectivity index (χ0n) is 17.5. The normalized spacial score (nSPS) is 15.9. The van der Waals surface area contributed by atoms with Gasteiger partial charge in [0.05, 0.1) is 9.95 Å². The number of ether oxygens (including phenoxy) is 1. The van der Waals surface area contributed by atoms with E-state index in [9.17, 15) is 19.3 Å². The molecule has 0 saturated carbocycles. The molecule has 11 heteroatoms. The number of halogens is 2. The zero-order chi connectivity index (χ0) is 23.5. The highest BCUT2D eigenvalue weighted by atomic mass is 35.5. The minimum Gasteiger partial charge on any atom is -0.437 e. The number of hydrogen-bond acceptors (Lipinski definition) is 7. The molecule has 0 bridgehead atoms. The number of nitro benzene ring substituents is 1. The van der Waals surface area contributed by atoms with E-state index in [1.807, 2.05) is 11.8 Å². The minimum atomic E-state index is -0.522. The van der Waals surface area contributed by atoms with Crippen molar-refractivity contribution in [2.24, 2.45) is 0 Å². The maximum absolute atomic E-state index is 13.3. The Balaban J connectivity index is 1.45. The number of carbonyl (C=O) groups excluding carboxylic acids is 1. The van der Waals surface area contributed by atoms with Crippen LogP contribution in [0.5, 0.6) is 11.6 Å². The molecule has 1 aliphatic heterocycles. The summed E-state index contributed by atoms with van der Waals surface area (Å²) >= 11 is 6.02. The predicted molar refractivity (Wildman–Crippen MR) is 119 cm³/mol. The van der Waals surface area contributed by atoms with Gasteiger partial charge in [-0.25, -0.2) is 14.4 Å². The molecule has 1 aliphatic rings. The van der Waals surface area contributed by atoms with Crippen molar-refractivity contribution in [3.63, 3.8) is 0 Å². The van der Waals surface area contributed by atoms with Gasteiger partial charge in [-0.05, 0) is 31.2 Å². The summed E-state index contributed by atoms with van der Waals surface area (Å²) in [6, 6.07) is 11.0. The fourth-order valence-corrected chi connectivity index (χ4v) is 3.82. The highest BCUT2D eigenvalue weighted by Crippen LogP contribution is 2.30. The number of aromatic nitrogens is 2. The van der Waals surface area contributed by atoms with E-state index in [-0.39, 0.29) is 39.9 Å². The zero-order valence-corrected chi connectivity index (χ0v) is 18.3. The summed E-state index contributed by atoms with van der Waals surface area (Å²) in [7, 11) is 0. The molecule has 1 atom stereocenters. The van der Waals surface area contributed by atoms with Crippen LogP contribution in [0.1, 0.15) is 17.3 Å². The van der Waals surface area contributed by atoms with Crippen molar-refractivity contribution in [3.8, 4) is 11.6 Å². The number of anilines is 1. The number of carbonyl (C=O) groups is 1. The van der Waals surface area contributed by atoms with E-state index in [4.69, 9.17) is 16.3 Å². The highest BCUT2D eigenvalue weighted by Gasteiger charge is 2.29. The molecule has 1 saturated heterocycles. The largest absolute Gasteiger partial charge is 0.437 e. The Bertz CT molecular complexity index is 1210. The van der Waals surface area contributed by atoms with E-state index in [1.165, 1.54) is 36.7 Å². The monoisotopic (exact) mass is 471 g/mol. The van der Waals surface area contributed by atoms with Gasteiger partial charge in [-0.1, -0.05) is 17.7 Å². The van der Waals surface area contributed by atoms with Crippen LogP contribution in [0.2, 0.25) is 5.02 Å². The lowest BCUT2D eigenvalue weighted by molar-refractivity contribution is -0.384. The maximum atomic E-state index is 13.3. The number of nitro groups is 1. The van der Waals surface area contributed by atoms with Gasteiger partial charge in [-0.3, -0.25) is 14.9 Å². The van der Waals surface area contributed by atoms with Crippen LogP contribution in [0.3, 0.4) is 0 Å². The van der Waals surface area contributed by atoms with Crippen LogP contribution in [-0.4, -0.2) is 51.4 Å². The quantitative estimate of drug-likeness (QED) is 0.403. The summed E-state index contributed by atoms with van der Waals surface area (Å²) in [6.07, 6.45) is 1.35. The Morgan fingerprint density at radius 1 is 1.21 bits per heavy atom. The predicted octanol–water partition coefficient (Wildman–Crippen LogP) is 4.32. The number of nitrogens with zero attached hydrogens (tertiary/aromatic N) is 5. The van der Waals surface area contributed by atoms with E-state index in [0.29, 0.717) is 25.5 Å². The number of non-ortho nitro benzene ring substituents is 1. The number of amides is 1. The van der Waals surface area contributed by atoms with Crippen molar-refractivity contribution >= 4 is 29.0 Å². The first-order valence-electron chi connectivity index (χ1n) is 10.1. The molecule has 2 heterocycles. The Kier molecular flexibility index (Phi) is 6.36. The molecule has 1 fully saturated rings. The number of benzene rings is 2. The van der Waals surface area contributed by atoms with Crippen molar-refractivity contribution in [1.82, 2.24) is 14.9 Å². The van der Waals surface area contributed by atoms with Crippen LogP contribution in [0.15, 0.2) is 54.9 Å². The van der Waals surface area contributed by atoms with Crippen LogP contribution in [0, 0.1) is 15.9 Å². The summed E-state index contributed by atoms with van der Waals surface area (Å²) in [5.41, 5.74) is 0.153. The minimum absolute atomic E-state index is 0.122. The Morgan fingerprint density at radius 3 is 2.76 bits per heavy atom. The molecular weight excluding hydrogens is 453 g/mol. The van der Waals surface area contributed by atoms with Crippen LogP contribution in [0.25, 0.3) is 0 Å². The number of rotatable bonds is 5. The Morgan fingerprint density at radius 2 is 2.03 bits per heavy atom. The first-order valence-corrected chi connectivity index (χ1v) is 10.4. The van der Waals surface area contributed by atoms with Crippen LogP contribution >= 0.6 is 11.6 Å². The van der Waals surface area contributed by atoms with Crippen LogP contribution < -0.4 is 9.64 Å². The highest BCUT2D eigenvalue weighted by molar-refractivity contribution is 6.32. The maximum Gasteiger partial charge on any atom is 0.270 e. The van der Waals surface area contributed by atoms with E-state index in [1.54, 1.807) is 17.0 Å². The number of hydrogen-bond donors (Lipinski definition) is 0. The van der Waals surface area contributed by atoms with Gasteiger partial charge in [0.2, 0.25) is 5.88 Å². The third-order valence-corrected chi connectivity index (χ3v) is 5.55. The smallest absolute Gasteiger partial charge is 0.270 e. The second-order valence-corrected chi connectivity index (χ2v) is 7.90. The Hall–Kier alpha value is -3.79. The molecular formula is C22H19ClFN5O4. The van der Waals surface area contributed by atoms with Crippen molar-refractivity contribution in [2.45, 2.75) is 13.0 Å².